The van der Waals surface area contributed by atoms with Crippen LogP contribution in [0.25, 0.3) is 11.1 Å². The third-order valence-corrected chi connectivity index (χ3v) is 4.00. The van der Waals surface area contributed by atoms with Crippen LogP contribution in [0.3, 0.4) is 0 Å². The van der Waals surface area contributed by atoms with Crippen LogP contribution in [-0.2, 0) is 0 Å². The standard InChI is InChI=1S/C16H20N4/c1-12-5-2-3-7-15(12)13-10-18-16(19-11-13)20-8-4-6-14(20)9-17/h2-3,5,7,10-11,14H,4,6,8-9,17H2,1H3. The molecule has 1 atom stereocenters. The molecule has 0 radical (unpaired) electrons. The number of hydrogen-bond donors (Lipinski definition) is 1. The predicted octanol–water partition coefficient (Wildman–Crippen LogP) is 2.38. The second kappa shape index (κ2) is 5.59. The van der Waals surface area contributed by atoms with Crippen molar-refractivity contribution in [2.75, 3.05) is 18.0 Å². The van der Waals surface area contributed by atoms with Crippen LogP contribution in [-0.4, -0.2) is 29.1 Å². The summed E-state index contributed by atoms with van der Waals surface area (Å²) in [6.45, 7) is 3.78. The summed E-state index contributed by atoms with van der Waals surface area (Å²) in [7, 11) is 0. The first-order chi connectivity index (χ1) is 9.79. The summed E-state index contributed by atoms with van der Waals surface area (Å²) in [5.74, 6) is 0.801. The van der Waals surface area contributed by atoms with Gasteiger partial charge in [-0.15, -0.1) is 0 Å². The molecule has 3 rings (SSSR count). The maximum absolute atomic E-state index is 5.81. The Hall–Kier alpha value is -1.94. The average Bonchev–Trinajstić information content (AvgIpc) is 2.96. The molecule has 1 aromatic carbocycles. The molecule has 2 aromatic rings. The highest BCUT2D eigenvalue weighted by Gasteiger charge is 2.25. The first-order valence-electron chi connectivity index (χ1n) is 7.14. The van der Waals surface area contributed by atoms with Crippen LogP contribution in [0, 0.1) is 6.92 Å². The summed E-state index contributed by atoms with van der Waals surface area (Å²) in [6.07, 6.45) is 6.14. The van der Waals surface area contributed by atoms with Gasteiger partial charge in [-0.05, 0) is 30.9 Å². The molecule has 4 nitrogen and oxygen atoms in total. The number of anilines is 1. The molecule has 0 amide bonds. The van der Waals surface area contributed by atoms with Gasteiger partial charge in [0.1, 0.15) is 0 Å². The molecule has 1 aliphatic heterocycles. The second-order valence-corrected chi connectivity index (χ2v) is 5.31. The van der Waals surface area contributed by atoms with Crippen LogP contribution in [0.15, 0.2) is 36.7 Å². The van der Waals surface area contributed by atoms with Crippen LogP contribution in [0.4, 0.5) is 5.95 Å². The van der Waals surface area contributed by atoms with Gasteiger partial charge < -0.3 is 10.6 Å². The summed E-state index contributed by atoms with van der Waals surface area (Å²) < 4.78 is 0. The van der Waals surface area contributed by atoms with E-state index < -0.39 is 0 Å². The van der Waals surface area contributed by atoms with Crippen LogP contribution >= 0.6 is 0 Å². The van der Waals surface area contributed by atoms with E-state index in [0.29, 0.717) is 12.6 Å². The van der Waals surface area contributed by atoms with Gasteiger partial charge in [-0.3, -0.25) is 0 Å². The largest absolute Gasteiger partial charge is 0.337 e. The molecule has 1 aromatic heterocycles. The number of benzene rings is 1. The summed E-state index contributed by atoms with van der Waals surface area (Å²) >= 11 is 0. The molecule has 0 spiro atoms. The molecule has 4 heteroatoms. The third kappa shape index (κ3) is 2.39. The highest BCUT2D eigenvalue weighted by Crippen LogP contribution is 2.25. The number of aryl methyl sites for hydroxylation is 1. The Balaban J connectivity index is 1.87. The maximum Gasteiger partial charge on any atom is 0.225 e. The lowest BCUT2D eigenvalue weighted by molar-refractivity contribution is 0.664. The summed E-state index contributed by atoms with van der Waals surface area (Å²) in [5.41, 5.74) is 9.30. The summed E-state index contributed by atoms with van der Waals surface area (Å²) in [4.78, 5) is 11.3. The van der Waals surface area contributed by atoms with E-state index in [1.165, 1.54) is 17.5 Å². The van der Waals surface area contributed by atoms with E-state index in [-0.39, 0.29) is 0 Å². The summed E-state index contributed by atoms with van der Waals surface area (Å²) in [6, 6.07) is 8.69. The van der Waals surface area contributed by atoms with Crippen molar-refractivity contribution in [1.82, 2.24) is 9.97 Å². The number of rotatable bonds is 3. The molecule has 0 aliphatic carbocycles. The van der Waals surface area contributed by atoms with E-state index in [1.807, 2.05) is 24.5 Å². The fourth-order valence-corrected chi connectivity index (χ4v) is 2.85. The summed E-state index contributed by atoms with van der Waals surface area (Å²) in [5, 5.41) is 0. The van der Waals surface area contributed by atoms with Crippen molar-refractivity contribution >= 4 is 5.95 Å². The zero-order chi connectivity index (χ0) is 13.9. The molecule has 1 unspecified atom stereocenters. The first-order valence-corrected chi connectivity index (χ1v) is 7.14. The molecule has 2 N–H and O–H groups in total. The van der Waals surface area contributed by atoms with Gasteiger partial charge in [0.25, 0.3) is 0 Å². The van der Waals surface area contributed by atoms with Crippen molar-refractivity contribution in [3.8, 4) is 11.1 Å². The minimum atomic E-state index is 0.388. The Morgan fingerprint density at radius 3 is 2.70 bits per heavy atom. The first kappa shape index (κ1) is 13.1. The van der Waals surface area contributed by atoms with E-state index in [4.69, 9.17) is 5.73 Å². The van der Waals surface area contributed by atoms with Crippen LogP contribution in [0.2, 0.25) is 0 Å². The molecule has 20 heavy (non-hydrogen) atoms. The van der Waals surface area contributed by atoms with Gasteiger partial charge in [0.05, 0.1) is 0 Å². The number of nitrogens with two attached hydrogens (primary N) is 1. The van der Waals surface area contributed by atoms with Crippen molar-refractivity contribution in [1.29, 1.82) is 0 Å². The van der Waals surface area contributed by atoms with Gasteiger partial charge in [0, 0.05) is 37.1 Å². The molecule has 104 valence electrons. The van der Waals surface area contributed by atoms with E-state index in [2.05, 4.69) is 33.9 Å². The van der Waals surface area contributed by atoms with Gasteiger partial charge in [-0.2, -0.15) is 0 Å². The Kier molecular flexibility index (Phi) is 3.65. The molecule has 0 bridgehead atoms. The van der Waals surface area contributed by atoms with Crippen molar-refractivity contribution in [2.45, 2.75) is 25.8 Å². The quantitative estimate of drug-likeness (QED) is 0.928. The Morgan fingerprint density at radius 1 is 1.25 bits per heavy atom. The normalized spacial score (nSPS) is 18.5. The molecule has 2 heterocycles. The average molecular weight is 268 g/mol. The van der Waals surface area contributed by atoms with E-state index in [0.717, 1.165) is 24.5 Å². The predicted molar refractivity (Wildman–Crippen MR) is 81.6 cm³/mol. The SMILES string of the molecule is Cc1ccccc1-c1cnc(N2CCCC2CN)nc1. The third-order valence-electron chi connectivity index (χ3n) is 4.00. The lowest BCUT2D eigenvalue weighted by Crippen LogP contribution is -2.36. The fraction of sp³-hybridized carbons (Fsp3) is 0.375. The monoisotopic (exact) mass is 268 g/mol. The molecule has 1 aliphatic rings. The van der Waals surface area contributed by atoms with E-state index in [1.54, 1.807) is 0 Å². The minimum Gasteiger partial charge on any atom is -0.337 e. The van der Waals surface area contributed by atoms with Crippen LogP contribution < -0.4 is 10.6 Å². The number of nitrogens with zero attached hydrogens (tertiary/aromatic N) is 3. The van der Waals surface area contributed by atoms with Crippen LogP contribution in [0.1, 0.15) is 18.4 Å². The molecular formula is C16H20N4. The van der Waals surface area contributed by atoms with Gasteiger partial charge in [-0.25, -0.2) is 9.97 Å². The highest BCUT2D eigenvalue weighted by molar-refractivity contribution is 5.65. The topological polar surface area (TPSA) is 55.0 Å². The van der Waals surface area contributed by atoms with Gasteiger partial charge in [0.2, 0.25) is 5.95 Å². The van der Waals surface area contributed by atoms with Gasteiger partial charge >= 0.3 is 0 Å². The fourth-order valence-electron chi connectivity index (χ4n) is 2.85. The van der Waals surface area contributed by atoms with E-state index in [9.17, 15) is 0 Å². The highest BCUT2D eigenvalue weighted by atomic mass is 15.3. The Bertz CT molecular complexity index is 579. The number of aromatic nitrogens is 2. The Labute approximate surface area is 119 Å². The lowest BCUT2D eigenvalue weighted by atomic mass is 10.0. The molecule has 1 fully saturated rings. The zero-order valence-corrected chi connectivity index (χ0v) is 11.8. The molecule has 0 saturated carbocycles. The van der Waals surface area contributed by atoms with Crippen molar-refractivity contribution < 1.29 is 0 Å². The Morgan fingerprint density at radius 2 is 2.00 bits per heavy atom. The maximum atomic E-state index is 5.81. The van der Waals surface area contributed by atoms with Gasteiger partial charge in [0.15, 0.2) is 0 Å². The van der Waals surface area contributed by atoms with Crippen molar-refractivity contribution in [2.24, 2.45) is 5.73 Å². The molecular weight excluding hydrogens is 248 g/mol. The van der Waals surface area contributed by atoms with Gasteiger partial charge in [-0.1, -0.05) is 24.3 Å². The van der Waals surface area contributed by atoms with E-state index >= 15 is 0 Å². The minimum absolute atomic E-state index is 0.388. The zero-order valence-electron chi connectivity index (χ0n) is 11.8. The van der Waals surface area contributed by atoms with Crippen molar-refractivity contribution in [3.63, 3.8) is 0 Å². The lowest BCUT2D eigenvalue weighted by Gasteiger charge is -2.23. The smallest absolute Gasteiger partial charge is 0.225 e. The number of hydrogen-bond acceptors (Lipinski definition) is 4. The van der Waals surface area contributed by atoms with Crippen molar-refractivity contribution in [3.05, 3.63) is 42.2 Å². The second-order valence-electron chi connectivity index (χ2n) is 5.31. The van der Waals surface area contributed by atoms with Crippen LogP contribution in [0.5, 0.6) is 0 Å². The molecule has 1 saturated heterocycles.